The third-order valence-corrected chi connectivity index (χ3v) is 4.48. The number of aryl methyl sites for hydroxylation is 1. The molecule has 0 bridgehead atoms. The van der Waals surface area contributed by atoms with Gasteiger partial charge in [0.25, 0.3) is 0 Å². The van der Waals surface area contributed by atoms with Crippen molar-refractivity contribution in [2.24, 2.45) is 0 Å². The first-order valence-corrected chi connectivity index (χ1v) is 8.04. The van der Waals surface area contributed by atoms with Crippen LogP contribution in [-0.2, 0) is 13.1 Å². The van der Waals surface area contributed by atoms with E-state index in [1.54, 1.807) is 0 Å². The van der Waals surface area contributed by atoms with Crippen LogP contribution < -0.4 is 5.32 Å². The van der Waals surface area contributed by atoms with Crippen molar-refractivity contribution in [3.05, 3.63) is 66.1 Å². The van der Waals surface area contributed by atoms with Gasteiger partial charge < -0.3 is 9.88 Å². The van der Waals surface area contributed by atoms with Gasteiger partial charge >= 0.3 is 0 Å². The molecule has 0 saturated carbocycles. The molecular formula is C17H19N3S. The number of imidazole rings is 1. The lowest BCUT2D eigenvalue weighted by atomic mass is 10.2. The van der Waals surface area contributed by atoms with Crippen LogP contribution in [0.25, 0.3) is 10.4 Å². The highest BCUT2D eigenvalue weighted by atomic mass is 32.1. The molecule has 0 atom stereocenters. The number of nitrogens with one attached hydrogen (secondary N) is 1. The molecule has 2 aromatic heterocycles. The Morgan fingerprint density at radius 1 is 1.10 bits per heavy atom. The Hall–Kier alpha value is -1.91. The molecule has 0 aliphatic rings. The summed E-state index contributed by atoms with van der Waals surface area (Å²) in [5.41, 5.74) is 1.30. The van der Waals surface area contributed by atoms with E-state index in [4.69, 9.17) is 0 Å². The Bertz CT molecular complexity index is 644. The fourth-order valence-electron chi connectivity index (χ4n) is 2.25. The van der Waals surface area contributed by atoms with Gasteiger partial charge in [-0.2, -0.15) is 0 Å². The summed E-state index contributed by atoms with van der Waals surface area (Å²) in [5.74, 6) is 0. The number of nitrogens with zero attached hydrogens (tertiary/aromatic N) is 2. The summed E-state index contributed by atoms with van der Waals surface area (Å²) in [5, 5.41) is 3.51. The van der Waals surface area contributed by atoms with Crippen LogP contribution in [0, 0.1) is 0 Å². The molecule has 1 N–H and O–H groups in total. The molecule has 1 aromatic carbocycles. The maximum atomic E-state index is 4.04. The SMILES string of the molecule is c1ccc(-c2ccc(CNCCCn3ccnc3)s2)cc1. The fraction of sp³-hybridized carbons (Fsp3) is 0.235. The van der Waals surface area contributed by atoms with E-state index in [1.807, 2.05) is 30.1 Å². The summed E-state index contributed by atoms with van der Waals surface area (Å²) in [6, 6.07) is 15.0. The third kappa shape index (κ3) is 4.03. The summed E-state index contributed by atoms with van der Waals surface area (Å²) >= 11 is 1.86. The quantitative estimate of drug-likeness (QED) is 0.672. The van der Waals surface area contributed by atoms with Crippen molar-refractivity contribution in [3.8, 4) is 10.4 Å². The number of hydrogen-bond acceptors (Lipinski definition) is 3. The number of hydrogen-bond donors (Lipinski definition) is 1. The number of aromatic nitrogens is 2. The second-order valence-electron chi connectivity index (χ2n) is 4.96. The monoisotopic (exact) mass is 297 g/mol. The van der Waals surface area contributed by atoms with E-state index >= 15 is 0 Å². The van der Waals surface area contributed by atoms with Crippen molar-refractivity contribution < 1.29 is 0 Å². The zero-order valence-corrected chi connectivity index (χ0v) is 12.7. The van der Waals surface area contributed by atoms with Gasteiger partial charge in [0.15, 0.2) is 0 Å². The van der Waals surface area contributed by atoms with Crippen LogP contribution in [0.4, 0.5) is 0 Å². The third-order valence-electron chi connectivity index (χ3n) is 3.35. The molecule has 0 saturated heterocycles. The maximum Gasteiger partial charge on any atom is 0.0945 e. The van der Waals surface area contributed by atoms with E-state index in [1.165, 1.54) is 15.3 Å². The topological polar surface area (TPSA) is 29.9 Å². The molecule has 4 heteroatoms. The Labute approximate surface area is 129 Å². The van der Waals surface area contributed by atoms with Crippen molar-refractivity contribution in [2.75, 3.05) is 6.54 Å². The Morgan fingerprint density at radius 3 is 2.81 bits per heavy atom. The summed E-state index contributed by atoms with van der Waals surface area (Å²) in [6.45, 7) is 2.99. The van der Waals surface area contributed by atoms with Gasteiger partial charge in [-0.3, -0.25) is 0 Å². The summed E-state index contributed by atoms with van der Waals surface area (Å²) in [6.07, 6.45) is 6.81. The largest absolute Gasteiger partial charge is 0.337 e. The minimum absolute atomic E-state index is 0.946. The second kappa shape index (κ2) is 7.20. The maximum absolute atomic E-state index is 4.04. The van der Waals surface area contributed by atoms with Gasteiger partial charge in [-0.15, -0.1) is 11.3 Å². The Balaban J connectivity index is 1.43. The van der Waals surface area contributed by atoms with E-state index in [9.17, 15) is 0 Å². The fourth-order valence-corrected chi connectivity index (χ4v) is 3.23. The van der Waals surface area contributed by atoms with E-state index in [0.717, 1.165) is 26.1 Å². The first kappa shape index (κ1) is 14.0. The number of rotatable bonds is 7. The molecule has 21 heavy (non-hydrogen) atoms. The van der Waals surface area contributed by atoms with E-state index < -0.39 is 0 Å². The number of benzene rings is 1. The van der Waals surface area contributed by atoms with Crippen molar-refractivity contribution in [1.29, 1.82) is 0 Å². The van der Waals surface area contributed by atoms with Crippen molar-refractivity contribution in [3.63, 3.8) is 0 Å². The van der Waals surface area contributed by atoms with Crippen LogP contribution in [0.15, 0.2) is 61.2 Å². The van der Waals surface area contributed by atoms with Crippen LogP contribution in [0.3, 0.4) is 0 Å². The highest BCUT2D eigenvalue weighted by molar-refractivity contribution is 7.15. The molecule has 2 heterocycles. The van der Waals surface area contributed by atoms with Gasteiger partial charge in [0.1, 0.15) is 0 Å². The van der Waals surface area contributed by atoms with Crippen LogP contribution in [0.1, 0.15) is 11.3 Å². The molecule has 0 aliphatic carbocycles. The van der Waals surface area contributed by atoms with Gasteiger partial charge in [0.05, 0.1) is 6.33 Å². The zero-order valence-electron chi connectivity index (χ0n) is 11.9. The summed E-state index contributed by atoms with van der Waals surface area (Å²) in [4.78, 5) is 6.77. The average molecular weight is 297 g/mol. The second-order valence-corrected chi connectivity index (χ2v) is 6.13. The van der Waals surface area contributed by atoms with E-state index in [-0.39, 0.29) is 0 Å². The first-order chi connectivity index (χ1) is 10.4. The molecule has 3 nitrogen and oxygen atoms in total. The van der Waals surface area contributed by atoms with Crippen LogP contribution in [0.2, 0.25) is 0 Å². The van der Waals surface area contributed by atoms with Gasteiger partial charge in [-0.25, -0.2) is 4.98 Å². The van der Waals surface area contributed by atoms with Crippen molar-refractivity contribution >= 4 is 11.3 Å². The summed E-state index contributed by atoms with van der Waals surface area (Å²) < 4.78 is 2.11. The predicted molar refractivity (Wildman–Crippen MR) is 88.3 cm³/mol. The van der Waals surface area contributed by atoms with Gasteiger partial charge in [0, 0.05) is 35.2 Å². The Morgan fingerprint density at radius 2 is 2.00 bits per heavy atom. The molecule has 0 amide bonds. The molecule has 0 radical (unpaired) electrons. The predicted octanol–water partition coefficient (Wildman–Crippen LogP) is 3.79. The molecule has 0 unspecified atom stereocenters. The molecule has 0 spiro atoms. The highest BCUT2D eigenvalue weighted by Crippen LogP contribution is 2.27. The van der Waals surface area contributed by atoms with Crippen molar-refractivity contribution in [1.82, 2.24) is 14.9 Å². The highest BCUT2D eigenvalue weighted by Gasteiger charge is 2.02. The van der Waals surface area contributed by atoms with E-state index in [2.05, 4.69) is 57.3 Å². The summed E-state index contributed by atoms with van der Waals surface area (Å²) in [7, 11) is 0. The minimum Gasteiger partial charge on any atom is -0.337 e. The van der Waals surface area contributed by atoms with Gasteiger partial charge in [-0.1, -0.05) is 30.3 Å². The molecule has 3 rings (SSSR count). The lowest BCUT2D eigenvalue weighted by Gasteiger charge is -2.04. The van der Waals surface area contributed by atoms with Crippen LogP contribution in [-0.4, -0.2) is 16.1 Å². The van der Waals surface area contributed by atoms with E-state index in [0.29, 0.717) is 0 Å². The number of thiophene rings is 1. The van der Waals surface area contributed by atoms with Gasteiger partial charge in [0.2, 0.25) is 0 Å². The van der Waals surface area contributed by atoms with Gasteiger partial charge in [-0.05, 0) is 30.7 Å². The molecule has 3 aromatic rings. The Kier molecular flexibility index (Phi) is 4.82. The first-order valence-electron chi connectivity index (χ1n) is 7.22. The molecule has 0 fully saturated rings. The lowest BCUT2D eigenvalue weighted by Crippen LogP contribution is -2.15. The zero-order chi connectivity index (χ0) is 14.3. The van der Waals surface area contributed by atoms with Crippen LogP contribution >= 0.6 is 11.3 Å². The lowest BCUT2D eigenvalue weighted by molar-refractivity contribution is 0.583. The standard InChI is InChI=1S/C17H19N3S/c1-2-5-15(6-3-1)17-8-7-16(21-17)13-18-9-4-11-20-12-10-19-14-20/h1-3,5-8,10,12,14,18H,4,9,11,13H2. The molecule has 108 valence electrons. The normalized spacial score (nSPS) is 10.9. The van der Waals surface area contributed by atoms with Crippen LogP contribution in [0.5, 0.6) is 0 Å². The smallest absolute Gasteiger partial charge is 0.0945 e. The molecule has 0 aliphatic heterocycles. The molecular weight excluding hydrogens is 278 g/mol. The van der Waals surface area contributed by atoms with Crippen molar-refractivity contribution in [2.45, 2.75) is 19.5 Å². The minimum atomic E-state index is 0.946. The average Bonchev–Trinajstić information content (AvgIpc) is 3.19.